The van der Waals surface area contributed by atoms with Crippen LogP contribution in [0, 0.1) is 0 Å². The second kappa shape index (κ2) is 6.70. The summed E-state index contributed by atoms with van der Waals surface area (Å²) in [5.41, 5.74) is 1.09. The average Bonchev–Trinajstić information content (AvgIpc) is 3.25. The fourth-order valence-electron chi connectivity index (χ4n) is 3.67. The molecule has 2 aromatic carbocycles. The van der Waals surface area contributed by atoms with Gasteiger partial charge in [-0.3, -0.25) is 19.3 Å². The lowest BCUT2D eigenvalue weighted by atomic mass is 10.1. The summed E-state index contributed by atoms with van der Waals surface area (Å²) in [5, 5.41) is 0.274. The van der Waals surface area contributed by atoms with Gasteiger partial charge >= 0.3 is 0 Å². The minimum Gasteiger partial charge on any atom is -0.497 e. The van der Waals surface area contributed by atoms with Gasteiger partial charge in [-0.2, -0.15) is 0 Å². The number of likely N-dealkylation sites (tertiary alicyclic amines) is 1. The number of carbonyl (C=O) groups excluding carboxylic acids is 3. The monoisotopic (exact) mass is 384 g/mol. The lowest BCUT2D eigenvalue weighted by Gasteiger charge is -2.22. The highest BCUT2D eigenvalue weighted by molar-refractivity contribution is 6.37. The van der Waals surface area contributed by atoms with E-state index in [0.29, 0.717) is 36.4 Å². The van der Waals surface area contributed by atoms with Crippen LogP contribution in [0.5, 0.6) is 5.75 Å². The number of benzene rings is 2. The number of fused-ring (bicyclic) bond motifs is 1. The fraction of sp³-hybridized carbons (Fsp3) is 0.250. The maximum Gasteiger partial charge on any atom is 0.263 e. The van der Waals surface area contributed by atoms with Crippen LogP contribution < -0.4 is 4.74 Å². The Hall–Kier alpha value is -2.86. The molecule has 6 nitrogen and oxygen atoms in total. The number of hydrogen-bond acceptors (Lipinski definition) is 4. The molecule has 4 rings (SSSR count). The third kappa shape index (κ3) is 2.86. The SMILES string of the molecule is COc1cccc(C(=O)N2CCC(N3C(=O)c4cccc(Cl)c4C3=O)C2)c1. The van der Waals surface area contributed by atoms with Crippen molar-refractivity contribution in [2.75, 3.05) is 20.2 Å². The van der Waals surface area contributed by atoms with Crippen molar-refractivity contribution in [3.8, 4) is 5.75 Å². The summed E-state index contributed by atoms with van der Waals surface area (Å²) in [6.07, 6.45) is 0.540. The molecule has 2 aromatic rings. The molecule has 2 heterocycles. The number of methoxy groups -OCH3 is 1. The predicted octanol–water partition coefficient (Wildman–Crippen LogP) is 2.86. The summed E-state index contributed by atoms with van der Waals surface area (Å²) < 4.78 is 5.16. The van der Waals surface area contributed by atoms with E-state index in [0.717, 1.165) is 0 Å². The van der Waals surface area contributed by atoms with Gasteiger partial charge in [0.05, 0.1) is 29.3 Å². The highest BCUT2D eigenvalue weighted by Gasteiger charge is 2.44. The van der Waals surface area contributed by atoms with Crippen molar-refractivity contribution in [1.82, 2.24) is 9.80 Å². The molecule has 0 spiro atoms. The van der Waals surface area contributed by atoms with Gasteiger partial charge in [0.1, 0.15) is 5.75 Å². The largest absolute Gasteiger partial charge is 0.497 e. The number of nitrogens with zero attached hydrogens (tertiary/aromatic N) is 2. The predicted molar refractivity (Wildman–Crippen MR) is 99.3 cm³/mol. The molecule has 3 amide bonds. The highest BCUT2D eigenvalue weighted by Crippen LogP contribution is 2.32. The molecule has 138 valence electrons. The first-order valence-corrected chi connectivity index (χ1v) is 8.99. The number of hydrogen-bond donors (Lipinski definition) is 0. The third-order valence-corrected chi connectivity index (χ3v) is 5.34. The summed E-state index contributed by atoms with van der Waals surface area (Å²) in [7, 11) is 1.54. The molecular formula is C20H17ClN2O4. The van der Waals surface area contributed by atoms with E-state index in [2.05, 4.69) is 0 Å². The van der Waals surface area contributed by atoms with Gasteiger partial charge in [0.25, 0.3) is 17.7 Å². The Bertz CT molecular complexity index is 959. The molecule has 0 radical (unpaired) electrons. The van der Waals surface area contributed by atoms with Gasteiger partial charge in [-0.1, -0.05) is 23.7 Å². The van der Waals surface area contributed by atoms with Crippen molar-refractivity contribution in [3.05, 3.63) is 64.2 Å². The smallest absolute Gasteiger partial charge is 0.263 e. The molecule has 2 aliphatic heterocycles. The first kappa shape index (κ1) is 17.5. The van der Waals surface area contributed by atoms with Crippen LogP contribution in [-0.2, 0) is 0 Å². The van der Waals surface area contributed by atoms with Crippen molar-refractivity contribution < 1.29 is 19.1 Å². The molecule has 0 aliphatic carbocycles. The van der Waals surface area contributed by atoms with E-state index in [1.165, 1.54) is 4.90 Å². The second-order valence-corrected chi connectivity index (χ2v) is 6.98. The number of ether oxygens (including phenoxy) is 1. The Morgan fingerprint density at radius 2 is 1.93 bits per heavy atom. The molecule has 1 fully saturated rings. The van der Waals surface area contributed by atoms with Gasteiger partial charge in [0, 0.05) is 18.7 Å². The second-order valence-electron chi connectivity index (χ2n) is 6.57. The molecule has 27 heavy (non-hydrogen) atoms. The maximum absolute atomic E-state index is 12.8. The van der Waals surface area contributed by atoms with Crippen molar-refractivity contribution in [3.63, 3.8) is 0 Å². The minimum absolute atomic E-state index is 0.147. The van der Waals surface area contributed by atoms with Crippen molar-refractivity contribution in [2.45, 2.75) is 12.5 Å². The van der Waals surface area contributed by atoms with Crippen LogP contribution >= 0.6 is 11.6 Å². The molecular weight excluding hydrogens is 368 g/mol. The number of halogens is 1. The zero-order chi connectivity index (χ0) is 19.1. The van der Waals surface area contributed by atoms with Crippen LogP contribution in [0.25, 0.3) is 0 Å². The van der Waals surface area contributed by atoms with Crippen LogP contribution in [-0.4, -0.2) is 53.8 Å². The topological polar surface area (TPSA) is 66.9 Å². The molecule has 7 heteroatoms. The van der Waals surface area contributed by atoms with E-state index < -0.39 is 0 Å². The minimum atomic E-state index is -0.388. The maximum atomic E-state index is 12.8. The summed E-state index contributed by atoms with van der Waals surface area (Å²) in [5.74, 6) is -0.280. The Labute approximate surface area is 161 Å². The average molecular weight is 385 g/mol. The van der Waals surface area contributed by atoms with Gasteiger partial charge in [-0.15, -0.1) is 0 Å². The van der Waals surface area contributed by atoms with E-state index in [-0.39, 0.29) is 34.3 Å². The Kier molecular flexibility index (Phi) is 4.36. The fourth-order valence-corrected chi connectivity index (χ4v) is 3.92. The van der Waals surface area contributed by atoms with E-state index in [1.807, 2.05) is 0 Å². The normalized spacial score (nSPS) is 18.8. The standard InChI is InChI=1S/C20H17ClN2O4/c1-27-14-5-2-4-12(10-14)18(24)22-9-8-13(11-22)23-19(25)15-6-3-7-16(21)17(15)20(23)26/h2-7,10,13H,8-9,11H2,1H3. The van der Waals surface area contributed by atoms with Crippen molar-refractivity contribution in [2.24, 2.45) is 0 Å². The van der Waals surface area contributed by atoms with Crippen LogP contribution in [0.1, 0.15) is 37.5 Å². The first-order valence-electron chi connectivity index (χ1n) is 8.61. The zero-order valence-electron chi connectivity index (χ0n) is 14.6. The number of imide groups is 1. The van der Waals surface area contributed by atoms with E-state index in [9.17, 15) is 14.4 Å². The lowest BCUT2D eigenvalue weighted by molar-refractivity contribution is 0.0575. The molecule has 0 N–H and O–H groups in total. The molecule has 1 atom stereocenters. The van der Waals surface area contributed by atoms with Gasteiger partial charge < -0.3 is 9.64 Å². The number of amides is 3. The van der Waals surface area contributed by atoms with E-state index >= 15 is 0 Å². The van der Waals surface area contributed by atoms with Crippen molar-refractivity contribution in [1.29, 1.82) is 0 Å². The van der Waals surface area contributed by atoms with Gasteiger partial charge in [0.2, 0.25) is 0 Å². The third-order valence-electron chi connectivity index (χ3n) is 5.03. The lowest BCUT2D eigenvalue weighted by Crippen LogP contribution is -2.42. The summed E-state index contributed by atoms with van der Waals surface area (Å²) >= 11 is 6.11. The highest BCUT2D eigenvalue weighted by atomic mass is 35.5. The van der Waals surface area contributed by atoms with Gasteiger partial charge in [-0.05, 0) is 36.8 Å². The molecule has 0 aromatic heterocycles. The Balaban J connectivity index is 1.53. The summed E-state index contributed by atoms with van der Waals surface area (Å²) in [6.45, 7) is 0.779. The molecule has 1 unspecified atom stereocenters. The van der Waals surface area contributed by atoms with Crippen LogP contribution in [0.3, 0.4) is 0 Å². The van der Waals surface area contributed by atoms with E-state index in [4.69, 9.17) is 16.3 Å². The molecule has 0 saturated carbocycles. The van der Waals surface area contributed by atoms with E-state index in [1.54, 1.807) is 54.5 Å². The first-order chi connectivity index (χ1) is 13.0. The Morgan fingerprint density at radius 3 is 2.67 bits per heavy atom. The quantitative estimate of drug-likeness (QED) is 0.763. The molecule has 0 bridgehead atoms. The van der Waals surface area contributed by atoms with Gasteiger partial charge in [0.15, 0.2) is 0 Å². The molecule has 2 aliphatic rings. The van der Waals surface area contributed by atoms with Crippen molar-refractivity contribution >= 4 is 29.3 Å². The summed E-state index contributed by atoms with van der Waals surface area (Å²) in [4.78, 5) is 41.1. The number of carbonyl (C=O) groups is 3. The van der Waals surface area contributed by atoms with Crippen LogP contribution in [0.15, 0.2) is 42.5 Å². The Morgan fingerprint density at radius 1 is 1.15 bits per heavy atom. The van der Waals surface area contributed by atoms with Gasteiger partial charge in [-0.25, -0.2) is 0 Å². The number of rotatable bonds is 3. The zero-order valence-corrected chi connectivity index (χ0v) is 15.4. The van der Waals surface area contributed by atoms with Crippen LogP contribution in [0.4, 0.5) is 0 Å². The summed E-state index contributed by atoms with van der Waals surface area (Å²) in [6, 6.07) is 11.4. The molecule has 1 saturated heterocycles. The van der Waals surface area contributed by atoms with Crippen LogP contribution in [0.2, 0.25) is 5.02 Å².